The van der Waals surface area contributed by atoms with E-state index < -0.39 is 0 Å². The Morgan fingerprint density at radius 1 is 1.37 bits per heavy atom. The summed E-state index contributed by atoms with van der Waals surface area (Å²) >= 11 is 0. The first-order valence-electron chi connectivity index (χ1n) is 6.93. The Morgan fingerprint density at radius 3 is 2.53 bits per heavy atom. The topological polar surface area (TPSA) is 64.2 Å². The van der Waals surface area contributed by atoms with E-state index in [4.69, 9.17) is 5.73 Å². The molecule has 5 heteroatoms. The van der Waals surface area contributed by atoms with Crippen LogP contribution >= 0.6 is 0 Å². The lowest BCUT2D eigenvalue weighted by Gasteiger charge is -2.48. The van der Waals surface area contributed by atoms with Crippen molar-refractivity contribution in [2.24, 2.45) is 11.7 Å². The summed E-state index contributed by atoms with van der Waals surface area (Å²) in [7, 11) is 0. The van der Waals surface area contributed by atoms with Crippen molar-refractivity contribution < 1.29 is 0 Å². The Morgan fingerprint density at radius 2 is 2.00 bits per heavy atom. The molecule has 104 valence electrons. The van der Waals surface area contributed by atoms with Gasteiger partial charge in [-0.05, 0) is 39.5 Å². The fraction of sp³-hybridized carbons (Fsp3) is 0.714. The van der Waals surface area contributed by atoms with Crippen LogP contribution in [0, 0.1) is 5.92 Å². The van der Waals surface area contributed by atoms with Crippen LogP contribution < -0.4 is 16.2 Å². The zero-order valence-corrected chi connectivity index (χ0v) is 11.9. The first-order chi connectivity index (χ1) is 8.81. The maximum Gasteiger partial charge on any atom is 0.293 e. The highest BCUT2D eigenvalue weighted by atomic mass is 16.1. The summed E-state index contributed by atoms with van der Waals surface area (Å²) in [6.45, 7) is 7.57. The molecule has 1 aliphatic heterocycles. The van der Waals surface area contributed by atoms with Crippen LogP contribution in [-0.2, 0) is 5.54 Å². The highest BCUT2D eigenvalue weighted by Gasteiger charge is 2.51. The number of hydrogen-bond donors (Lipinski definition) is 1. The summed E-state index contributed by atoms with van der Waals surface area (Å²) < 4.78 is 1.74. The monoisotopic (exact) mass is 262 g/mol. The Bertz CT molecular complexity index is 547. The number of nitrogens with zero attached hydrogens (tertiary/aromatic N) is 3. The van der Waals surface area contributed by atoms with Crippen LogP contribution in [0.15, 0.2) is 17.2 Å². The molecule has 0 bridgehead atoms. The molecule has 2 N–H and O–H groups in total. The second-order valence-corrected chi connectivity index (χ2v) is 6.96. The van der Waals surface area contributed by atoms with Crippen molar-refractivity contribution >= 4 is 5.82 Å². The SMILES string of the molecule is CC(C)(C)n1ccnc(N2CC(N)(C3CC3)C2)c1=O. The first kappa shape index (κ1) is 12.7. The maximum absolute atomic E-state index is 12.5. The van der Waals surface area contributed by atoms with Crippen molar-refractivity contribution in [2.45, 2.75) is 44.7 Å². The molecule has 0 atom stereocenters. The number of anilines is 1. The lowest BCUT2D eigenvalue weighted by atomic mass is 9.86. The van der Waals surface area contributed by atoms with Gasteiger partial charge in [-0.3, -0.25) is 4.79 Å². The van der Waals surface area contributed by atoms with Gasteiger partial charge in [0.05, 0.1) is 5.54 Å². The van der Waals surface area contributed by atoms with Gasteiger partial charge in [-0.25, -0.2) is 4.98 Å². The largest absolute Gasteiger partial charge is 0.348 e. The van der Waals surface area contributed by atoms with Crippen LogP contribution in [0.25, 0.3) is 0 Å². The summed E-state index contributed by atoms with van der Waals surface area (Å²) in [4.78, 5) is 18.7. The average molecular weight is 262 g/mol. The quantitative estimate of drug-likeness (QED) is 0.861. The second-order valence-electron chi connectivity index (χ2n) is 6.96. The van der Waals surface area contributed by atoms with Gasteiger partial charge < -0.3 is 15.2 Å². The van der Waals surface area contributed by atoms with E-state index in [1.807, 2.05) is 25.7 Å². The summed E-state index contributed by atoms with van der Waals surface area (Å²) in [5, 5.41) is 0. The smallest absolute Gasteiger partial charge is 0.293 e. The summed E-state index contributed by atoms with van der Waals surface area (Å²) in [6, 6.07) is 0. The van der Waals surface area contributed by atoms with Gasteiger partial charge in [-0.1, -0.05) is 0 Å². The third kappa shape index (κ3) is 2.06. The van der Waals surface area contributed by atoms with Crippen molar-refractivity contribution in [3.8, 4) is 0 Å². The van der Waals surface area contributed by atoms with Crippen molar-refractivity contribution in [1.29, 1.82) is 0 Å². The molecule has 1 aromatic rings. The summed E-state index contributed by atoms with van der Waals surface area (Å²) in [6.07, 6.45) is 5.93. The molecule has 19 heavy (non-hydrogen) atoms. The van der Waals surface area contributed by atoms with Crippen LogP contribution in [-0.4, -0.2) is 28.2 Å². The lowest BCUT2D eigenvalue weighted by molar-refractivity contribution is 0.286. The predicted octanol–water partition coefficient (Wildman–Crippen LogP) is 0.926. The molecule has 0 radical (unpaired) electrons. The van der Waals surface area contributed by atoms with E-state index in [0.717, 1.165) is 13.1 Å². The molecule has 1 saturated heterocycles. The molecule has 0 unspecified atom stereocenters. The molecule has 1 aliphatic carbocycles. The molecule has 5 nitrogen and oxygen atoms in total. The first-order valence-corrected chi connectivity index (χ1v) is 6.93. The molecular weight excluding hydrogens is 240 g/mol. The van der Waals surface area contributed by atoms with Crippen LogP contribution in [0.3, 0.4) is 0 Å². The molecule has 2 fully saturated rings. The van der Waals surface area contributed by atoms with Crippen molar-refractivity contribution in [3.63, 3.8) is 0 Å². The normalized spacial score (nSPS) is 22.2. The molecule has 0 aromatic carbocycles. The minimum Gasteiger partial charge on any atom is -0.348 e. The van der Waals surface area contributed by atoms with E-state index in [9.17, 15) is 4.79 Å². The minimum absolute atomic E-state index is 0.0205. The van der Waals surface area contributed by atoms with Gasteiger partial charge in [0.15, 0.2) is 5.82 Å². The van der Waals surface area contributed by atoms with Crippen molar-refractivity contribution in [2.75, 3.05) is 18.0 Å². The number of nitrogens with two attached hydrogens (primary N) is 1. The van der Waals surface area contributed by atoms with Gasteiger partial charge in [0.25, 0.3) is 5.56 Å². The van der Waals surface area contributed by atoms with Crippen LogP contribution in [0.4, 0.5) is 5.82 Å². The second kappa shape index (κ2) is 3.82. The van der Waals surface area contributed by atoms with Crippen molar-refractivity contribution in [3.05, 3.63) is 22.7 Å². The number of aromatic nitrogens is 2. The van der Waals surface area contributed by atoms with Crippen LogP contribution in [0.1, 0.15) is 33.6 Å². The molecule has 1 saturated carbocycles. The van der Waals surface area contributed by atoms with E-state index in [-0.39, 0.29) is 16.6 Å². The van der Waals surface area contributed by atoms with Gasteiger partial charge in [0.1, 0.15) is 0 Å². The third-order valence-corrected chi connectivity index (χ3v) is 4.21. The van der Waals surface area contributed by atoms with E-state index in [2.05, 4.69) is 4.98 Å². The van der Waals surface area contributed by atoms with E-state index in [1.54, 1.807) is 17.0 Å². The Kier molecular flexibility index (Phi) is 2.55. The zero-order valence-electron chi connectivity index (χ0n) is 11.9. The van der Waals surface area contributed by atoms with E-state index in [0.29, 0.717) is 11.7 Å². The van der Waals surface area contributed by atoms with Crippen molar-refractivity contribution in [1.82, 2.24) is 9.55 Å². The van der Waals surface area contributed by atoms with Gasteiger partial charge in [-0.15, -0.1) is 0 Å². The van der Waals surface area contributed by atoms with E-state index in [1.165, 1.54) is 12.8 Å². The van der Waals surface area contributed by atoms with Crippen LogP contribution in [0.2, 0.25) is 0 Å². The molecule has 0 spiro atoms. The Labute approximate surface area is 113 Å². The predicted molar refractivity (Wildman–Crippen MR) is 75.3 cm³/mol. The zero-order chi connectivity index (χ0) is 13.8. The number of rotatable bonds is 2. The standard InChI is InChI=1S/C14H22N4O/c1-13(2,3)18-7-6-16-11(12(18)19)17-8-14(15,9-17)10-4-5-10/h6-7,10H,4-5,8-9,15H2,1-3H3. The fourth-order valence-electron chi connectivity index (χ4n) is 2.88. The van der Waals surface area contributed by atoms with Gasteiger partial charge in [0, 0.05) is 31.0 Å². The molecule has 2 heterocycles. The summed E-state index contributed by atoms with van der Waals surface area (Å²) in [5.41, 5.74) is 6.00. The average Bonchev–Trinajstić information content (AvgIpc) is 3.07. The fourth-order valence-corrected chi connectivity index (χ4v) is 2.88. The van der Waals surface area contributed by atoms with Gasteiger partial charge >= 0.3 is 0 Å². The van der Waals surface area contributed by atoms with Gasteiger partial charge in [0.2, 0.25) is 0 Å². The molecule has 0 amide bonds. The lowest BCUT2D eigenvalue weighted by Crippen LogP contribution is -2.70. The van der Waals surface area contributed by atoms with Gasteiger partial charge in [-0.2, -0.15) is 0 Å². The molecule has 1 aromatic heterocycles. The summed E-state index contributed by atoms with van der Waals surface area (Å²) in [5.74, 6) is 1.19. The third-order valence-electron chi connectivity index (χ3n) is 4.21. The highest BCUT2D eigenvalue weighted by Crippen LogP contribution is 2.43. The minimum atomic E-state index is -0.226. The molecule has 3 rings (SSSR count). The molecular formula is C14H22N4O. The maximum atomic E-state index is 12.5. The Balaban J connectivity index is 1.85. The van der Waals surface area contributed by atoms with E-state index >= 15 is 0 Å². The molecule has 2 aliphatic rings. The Hall–Kier alpha value is -1.36. The number of hydrogen-bond acceptors (Lipinski definition) is 4. The highest BCUT2D eigenvalue weighted by molar-refractivity contribution is 5.43. The van der Waals surface area contributed by atoms with Crippen LogP contribution in [0.5, 0.6) is 0 Å².